The molecular formula is C16H23ClN2. The highest BCUT2D eigenvalue weighted by Gasteiger charge is 2.32. The second-order valence-corrected chi connectivity index (χ2v) is 6.49. The van der Waals surface area contributed by atoms with Crippen molar-refractivity contribution in [3.05, 3.63) is 28.8 Å². The predicted octanol–water partition coefficient (Wildman–Crippen LogP) is 4.08. The third-order valence-electron chi connectivity index (χ3n) is 4.81. The molecule has 2 atom stereocenters. The van der Waals surface area contributed by atoms with Gasteiger partial charge in [-0.05, 0) is 55.8 Å². The monoisotopic (exact) mass is 278 g/mol. The van der Waals surface area contributed by atoms with E-state index in [0.717, 1.165) is 18.5 Å². The SMILES string of the molecule is Nc1ccc(CN2CCCC3CCCCC32)cc1Cl. The Morgan fingerprint density at radius 3 is 2.79 bits per heavy atom. The van der Waals surface area contributed by atoms with Crippen molar-refractivity contribution < 1.29 is 0 Å². The van der Waals surface area contributed by atoms with Crippen molar-refractivity contribution in [3.63, 3.8) is 0 Å². The molecule has 0 aromatic heterocycles. The number of nitrogens with two attached hydrogens (primary N) is 1. The van der Waals surface area contributed by atoms with Gasteiger partial charge in [-0.25, -0.2) is 0 Å². The molecule has 2 nitrogen and oxygen atoms in total. The molecular weight excluding hydrogens is 256 g/mol. The zero-order valence-electron chi connectivity index (χ0n) is 11.4. The van der Waals surface area contributed by atoms with Crippen molar-refractivity contribution in [3.8, 4) is 0 Å². The summed E-state index contributed by atoms with van der Waals surface area (Å²) >= 11 is 6.13. The topological polar surface area (TPSA) is 29.3 Å². The lowest BCUT2D eigenvalue weighted by molar-refractivity contribution is 0.0547. The minimum absolute atomic E-state index is 0.680. The molecule has 2 aliphatic rings. The molecule has 3 heteroatoms. The summed E-state index contributed by atoms with van der Waals surface area (Å²) in [5.74, 6) is 0.937. The molecule has 0 amide bonds. The third kappa shape index (κ3) is 2.90. The number of likely N-dealkylation sites (tertiary alicyclic amines) is 1. The van der Waals surface area contributed by atoms with Crippen LogP contribution in [0.5, 0.6) is 0 Å². The van der Waals surface area contributed by atoms with Crippen LogP contribution in [0.3, 0.4) is 0 Å². The smallest absolute Gasteiger partial charge is 0.0638 e. The largest absolute Gasteiger partial charge is 0.398 e. The Morgan fingerprint density at radius 2 is 1.95 bits per heavy atom. The van der Waals surface area contributed by atoms with E-state index in [1.165, 1.54) is 50.6 Å². The second kappa shape index (κ2) is 5.72. The lowest BCUT2D eigenvalue weighted by atomic mass is 9.78. The molecule has 1 saturated heterocycles. The maximum Gasteiger partial charge on any atom is 0.0638 e. The van der Waals surface area contributed by atoms with Crippen molar-refractivity contribution in [1.82, 2.24) is 4.90 Å². The van der Waals surface area contributed by atoms with Crippen LogP contribution in [0.4, 0.5) is 5.69 Å². The molecule has 19 heavy (non-hydrogen) atoms. The van der Waals surface area contributed by atoms with E-state index in [-0.39, 0.29) is 0 Å². The Balaban J connectivity index is 1.72. The number of halogens is 1. The number of hydrogen-bond acceptors (Lipinski definition) is 2. The summed E-state index contributed by atoms with van der Waals surface area (Å²) in [6.07, 6.45) is 8.44. The maximum absolute atomic E-state index is 6.13. The maximum atomic E-state index is 6.13. The average Bonchev–Trinajstić information content (AvgIpc) is 2.43. The van der Waals surface area contributed by atoms with Gasteiger partial charge in [0.05, 0.1) is 10.7 Å². The molecule has 1 aromatic carbocycles. The highest BCUT2D eigenvalue weighted by Crippen LogP contribution is 2.36. The van der Waals surface area contributed by atoms with Crippen LogP contribution in [0.2, 0.25) is 5.02 Å². The van der Waals surface area contributed by atoms with Gasteiger partial charge in [0.25, 0.3) is 0 Å². The Bertz CT molecular complexity index is 444. The van der Waals surface area contributed by atoms with Gasteiger partial charge < -0.3 is 5.73 Å². The van der Waals surface area contributed by atoms with E-state index in [4.69, 9.17) is 17.3 Å². The summed E-state index contributed by atoms with van der Waals surface area (Å²) in [4.78, 5) is 2.68. The molecule has 1 heterocycles. The van der Waals surface area contributed by atoms with Gasteiger partial charge >= 0.3 is 0 Å². The van der Waals surface area contributed by atoms with Gasteiger partial charge in [0.15, 0.2) is 0 Å². The molecule has 1 saturated carbocycles. The Hall–Kier alpha value is -0.730. The second-order valence-electron chi connectivity index (χ2n) is 6.08. The van der Waals surface area contributed by atoms with Gasteiger partial charge in [0.1, 0.15) is 0 Å². The van der Waals surface area contributed by atoms with Gasteiger partial charge in [0, 0.05) is 12.6 Å². The number of hydrogen-bond donors (Lipinski definition) is 1. The first-order valence-corrected chi connectivity index (χ1v) is 7.90. The Kier molecular flexibility index (Phi) is 3.99. The quantitative estimate of drug-likeness (QED) is 0.826. The van der Waals surface area contributed by atoms with Crippen LogP contribution in [-0.4, -0.2) is 17.5 Å². The lowest BCUT2D eigenvalue weighted by Gasteiger charge is -2.44. The molecule has 2 N–H and O–H groups in total. The van der Waals surface area contributed by atoms with Crippen LogP contribution < -0.4 is 5.73 Å². The van der Waals surface area contributed by atoms with E-state index in [1.807, 2.05) is 12.1 Å². The molecule has 104 valence electrons. The fraction of sp³-hybridized carbons (Fsp3) is 0.625. The number of anilines is 1. The van der Waals surface area contributed by atoms with E-state index < -0.39 is 0 Å². The van der Waals surface area contributed by atoms with Crippen molar-refractivity contribution >= 4 is 17.3 Å². The van der Waals surface area contributed by atoms with E-state index in [9.17, 15) is 0 Å². The van der Waals surface area contributed by atoms with Gasteiger partial charge in [-0.15, -0.1) is 0 Å². The molecule has 2 fully saturated rings. The molecule has 0 radical (unpaired) electrons. The van der Waals surface area contributed by atoms with Gasteiger partial charge in [-0.3, -0.25) is 4.90 Å². The van der Waals surface area contributed by atoms with E-state index >= 15 is 0 Å². The van der Waals surface area contributed by atoms with Crippen LogP contribution in [-0.2, 0) is 6.54 Å². The summed E-state index contributed by atoms with van der Waals surface area (Å²) < 4.78 is 0. The van der Waals surface area contributed by atoms with Gasteiger partial charge in [0.2, 0.25) is 0 Å². The number of fused-ring (bicyclic) bond motifs is 1. The number of rotatable bonds is 2. The fourth-order valence-electron chi connectivity index (χ4n) is 3.83. The predicted molar refractivity (Wildman–Crippen MR) is 81.3 cm³/mol. The molecule has 3 rings (SSSR count). The number of nitrogens with zero attached hydrogens (tertiary/aromatic N) is 1. The lowest BCUT2D eigenvalue weighted by Crippen LogP contribution is -2.46. The highest BCUT2D eigenvalue weighted by molar-refractivity contribution is 6.33. The minimum atomic E-state index is 0.680. The molecule has 1 aromatic rings. The normalized spacial score (nSPS) is 28.1. The Labute approximate surface area is 120 Å². The van der Waals surface area contributed by atoms with Gasteiger partial charge in [-0.1, -0.05) is 30.5 Å². The summed E-state index contributed by atoms with van der Waals surface area (Å²) in [6.45, 7) is 2.27. The first kappa shape index (κ1) is 13.3. The summed E-state index contributed by atoms with van der Waals surface area (Å²) in [6, 6.07) is 6.88. The summed E-state index contributed by atoms with van der Waals surface area (Å²) in [5, 5.41) is 0.690. The standard InChI is InChI=1S/C16H23ClN2/c17-14-10-12(7-8-15(14)18)11-19-9-3-5-13-4-1-2-6-16(13)19/h7-8,10,13,16H,1-6,9,11,18H2. The van der Waals surface area contributed by atoms with E-state index in [0.29, 0.717) is 10.7 Å². The van der Waals surface area contributed by atoms with Crippen molar-refractivity contribution in [2.75, 3.05) is 12.3 Å². The van der Waals surface area contributed by atoms with Crippen LogP contribution in [0.15, 0.2) is 18.2 Å². The van der Waals surface area contributed by atoms with Crippen molar-refractivity contribution in [2.45, 2.75) is 51.1 Å². The van der Waals surface area contributed by atoms with Gasteiger partial charge in [-0.2, -0.15) is 0 Å². The number of benzene rings is 1. The molecule has 0 spiro atoms. The first-order valence-electron chi connectivity index (χ1n) is 7.52. The third-order valence-corrected chi connectivity index (χ3v) is 5.14. The van der Waals surface area contributed by atoms with Crippen LogP contribution in [0, 0.1) is 5.92 Å². The number of piperidine rings is 1. The zero-order chi connectivity index (χ0) is 13.2. The van der Waals surface area contributed by atoms with E-state index in [1.54, 1.807) is 0 Å². The molecule has 1 aliphatic carbocycles. The van der Waals surface area contributed by atoms with E-state index in [2.05, 4.69) is 11.0 Å². The van der Waals surface area contributed by atoms with Crippen LogP contribution in [0.25, 0.3) is 0 Å². The zero-order valence-corrected chi connectivity index (χ0v) is 12.2. The van der Waals surface area contributed by atoms with Crippen LogP contribution >= 0.6 is 11.6 Å². The van der Waals surface area contributed by atoms with Crippen molar-refractivity contribution in [1.29, 1.82) is 0 Å². The average molecular weight is 279 g/mol. The number of nitrogen functional groups attached to an aromatic ring is 1. The first-order chi connectivity index (χ1) is 9.24. The molecule has 2 unspecified atom stereocenters. The van der Waals surface area contributed by atoms with Crippen LogP contribution in [0.1, 0.15) is 44.1 Å². The molecule has 0 bridgehead atoms. The summed E-state index contributed by atoms with van der Waals surface area (Å²) in [5.41, 5.74) is 7.76. The highest BCUT2D eigenvalue weighted by atomic mass is 35.5. The minimum Gasteiger partial charge on any atom is -0.398 e. The summed E-state index contributed by atoms with van der Waals surface area (Å²) in [7, 11) is 0. The molecule has 1 aliphatic heterocycles. The fourth-order valence-corrected chi connectivity index (χ4v) is 4.03. The van der Waals surface area contributed by atoms with Crippen molar-refractivity contribution in [2.24, 2.45) is 5.92 Å². The Morgan fingerprint density at radius 1 is 1.16 bits per heavy atom.